The van der Waals surface area contributed by atoms with Gasteiger partial charge in [-0.3, -0.25) is 9.89 Å². The van der Waals surface area contributed by atoms with Crippen LogP contribution in [0.3, 0.4) is 0 Å². The van der Waals surface area contributed by atoms with E-state index >= 15 is 0 Å². The molecule has 1 unspecified atom stereocenters. The SMILES string of the molecule is CN=C(NCc1ccccc1OC(F)F)NCC1CN(C)CCN1C.I. The van der Waals surface area contributed by atoms with Gasteiger partial charge >= 0.3 is 6.61 Å². The molecule has 1 atom stereocenters. The molecule has 0 saturated carbocycles. The topological polar surface area (TPSA) is 52.1 Å². The van der Waals surface area contributed by atoms with E-state index in [-0.39, 0.29) is 29.7 Å². The fourth-order valence-electron chi connectivity index (χ4n) is 2.80. The summed E-state index contributed by atoms with van der Waals surface area (Å²) >= 11 is 0. The van der Waals surface area contributed by atoms with Crippen LogP contribution < -0.4 is 15.4 Å². The van der Waals surface area contributed by atoms with Gasteiger partial charge in [0.05, 0.1) is 0 Å². The van der Waals surface area contributed by atoms with E-state index in [1.54, 1.807) is 25.2 Å². The minimum atomic E-state index is -2.84. The Kier molecular flexibility index (Phi) is 10.1. The van der Waals surface area contributed by atoms with E-state index in [2.05, 4.69) is 44.3 Å². The van der Waals surface area contributed by atoms with E-state index in [0.717, 1.165) is 26.2 Å². The van der Waals surface area contributed by atoms with Crippen molar-refractivity contribution in [1.29, 1.82) is 0 Å². The molecule has 1 fully saturated rings. The number of halogens is 3. The molecule has 0 spiro atoms. The standard InChI is InChI=1S/C17H27F2N5O.HI/c1-20-17(22-11-14-12-23(2)8-9-24(14)3)21-10-13-6-4-5-7-15(13)25-16(18)19;/h4-7,14,16H,8-12H2,1-3H3,(H2,20,21,22);1H. The van der Waals surface area contributed by atoms with Crippen molar-refractivity contribution in [3.8, 4) is 5.75 Å². The van der Waals surface area contributed by atoms with Crippen molar-refractivity contribution in [2.24, 2.45) is 4.99 Å². The summed E-state index contributed by atoms with van der Waals surface area (Å²) in [5.41, 5.74) is 0.653. The predicted molar refractivity (Wildman–Crippen MR) is 111 cm³/mol. The summed E-state index contributed by atoms with van der Waals surface area (Å²) in [4.78, 5) is 8.83. The molecule has 0 bridgehead atoms. The highest BCUT2D eigenvalue weighted by molar-refractivity contribution is 14.0. The minimum absolute atomic E-state index is 0. The zero-order valence-corrected chi connectivity index (χ0v) is 17.7. The molecule has 1 aliphatic heterocycles. The summed E-state index contributed by atoms with van der Waals surface area (Å²) in [6.45, 7) is 1.37. The molecule has 148 valence electrons. The van der Waals surface area contributed by atoms with Gasteiger partial charge in [-0.25, -0.2) is 0 Å². The van der Waals surface area contributed by atoms with Crippen LogP contribution in [0.15, 0.2) is 29.3 Å². The minimum Gasteiger partial charge on any atom is -0.434 e. The second-order valence-electron chi connectivity index (χ2n) is 6.19. The maximum Gasteiger partial charge on any atom is 0.387 e. The van der Waals surface area contributed by atoms with Crippen LogP contribution in [0.5, 0.6) is 5.75 Å². The maximum absolute atomic E-state index is 12.5. The maximum atomic E-state index is 12.5. The van der Waals surface area contributed by atoms with Crippen molar-refractivity contribution in [2.75, 3.05) is 47.3 Å². The van der Waals surface area contributed by atoms with Gasteiger partial charge in [0.1, 0.15) is 5.75 Å². The number of aliphatic imine (C=N–C) groups is 1. The van der Waals surface area contributed by atoms with Gasteiger partial charge < -0.3 is 20.3 Å². The largest absolute Gasteiger partial charge is 0.434 e. The van der Waals surface area contributed by atoms with E-state index < -0.39 is 6.61 Å². The highest BCUT2D eigenvalue weighted by Crippen LogP contribution is 2.19. The molecule has 1 aromatic carbocycles. The zero-order valence-electron chi connectivity index (χ0n) is 15.4. The van der Waals surface area contributed by atoms with Gasteiger partial charge in [-0.05, 0) is 20.2 Å². The van der Waals surface area contributed by atoms with Crippen LogP contribution in [-0.2, 0) is 6.54 Å². The van der Waals surface area contributed by atoms with E-state index in [9.17, 15) is 8.78 Å². The number of ether oxygens (including phenoxy) is 1. The third-order valence-corrected chi connectivity index (χ3v) is 4.34. The van der Waals surface area contributed by atoms with Gasteiger partial charge in [0, 0.05) is 51.4 Å². The highest BCUT2D eigenvalue weighted by atomic mass is 127. The molecular formula is C17H28F2IN5O. The van der Waals surface area contributed by atoms with Gasteiger partial charge in [0.15, 0.2) is 5.96 Å². The molecule has 0 radical (unpaired) electrons. The first-order valence-corrected chi connectivity index (χ1v) is 8.35. The van der Waals surface area contributed by atoms with Gasteiger partial charge in [0.2, 0.25) is 0 Å². The number of nitrogens with zero attached hydrogens (tertiary/aromatic N) is 3. The lowest BCUT2D eigenvalue weighted by molar-refractivity contribution is -0.0504. The predicted octanol–water partition coefficient (Wildman–Crippen LogP) is 1.82. The third kappa shape index (κ3) is 7.20. The Morgan fingerprint density at radius 1 is 1.27 bits per heavy atom. The van der Waals surface area contributed by atoms with Crippen LogP contribution in [0.25, 0.3) is 0 Å². The van der Waals surface area contributed by atoms with Crippen LogP contribution in [0.4, 0.5) is 8.78 Å². The van der Waals surface area contributed by atoms with E-state index in [1.165, 1.54) is 6.07 Å². The number of para-hydroxylation sites is 1. The van der Waals surface area contributed by atoms with Gasteiger partial charge in [-0.1, -0.05) is 18.2 Å². The summed E-state index contributed by atoms with van der Waals surface area (Å²) in [7, 11) is 5.92. The lowest BCUT2D eigenvalue weighted by Gasteiger charge is -2.37. The molecule has 1 aliphatic rings. The van der Waals surface area contributed by atoms with Crippen molar-refractivity contribution < 1.29 is 13.5 Å². The zero-order chi connectivity index (χ0) is 18.2. The number of rotatable bonds is 6. The van der Waals surface area contributed by atoms with Crippen molar-refractivity contribution in [3.63, 3.8) is 0 Å². The highest BCUT2D eigenvalue weighted by Gasteiger charge is 2.22. The molecule has 1 saturated heterocycles. The van der Waals surface area contributed by atoms with Crippen molar-refractivity contribution >= 4 is 29.9 Å². The van der Waals surface area contributed by atoms with Gasteiger partial charge in [0.25, 0.3) is 0 Å². The van der Waals surface area contributed by atoms with Gasteiger partial charge in [-0.15, -0.1) is 24.0 Å². The quantitative estimate of drug-likeness (QED) is 0.368. The Morgan fingerprint density at radius 2 is 2.00 bits per heavy atom. The summed E-state index contributed by atoms with van der Waals surface area (Å²) in [5.74, 6) is 0.808. The summed E-state index contributed by atoms with van der Waals surface area (Å²) in [6, 6.07) is 7.14. The molecule has 1 heterocycles. The number of piperazine rings is 1. The average Bonchev–Trinajstić information content (AvgIpc) is 2.58. The smallest absolute Gasteiger partial charge is 0.387 e. The number of hydrogen-bond donors (Lipinski definition) is 2. The number of benzene rings is 1. The molecule has 0 amide bonds. The van der Waals surface area contributed by atoms with E-state index in [1.807, 2.05) is 0 Å². The molecular weight excluding hydrogens is 455 g/mol. The van der Waals surface area contributed by atoms with Gasteiger partial charge in [-0.2, -0.15) is 8.78 Å². The summed E-state index contributed by atoms with van der Waals surface area (Å²) < 4.78 is 29.5. The molecule has 0 aromatic heterocycles. The van der Waals surface area contributed by atoms with E-state index in [0.29, 0.717) is 24.1 Å². The molecule has 9 heteroatoms. The lowest BCUT2D eigenvalue weighted by Crippen LogP contribution is -2.55. The second-order valence-corrected chi connectivity index (χ2v) is 6.19. The molecule has 1 aromatic rings. The Balaban J connectivity index is 0.00000338. The number of likely N-dealkylation sites (N-methyl/N-ethyl adjacent to an activating group) is 2. The first kappa shape index (κ1) is 22.8. The number of alkyl halides is 2. The Labute approximate surface area is 171 Å². The Hall–Kier alpha value is -1.20. The fraction of sp³-hybridized carbons (Fsp3) is 0.588. The Bertz CT molecular complexity index is 576. The third-order valence-electron chi connectivity index (χ3n) is 4.34. The van der Waals surface area contributed by atoms with Crippen LogP contribution in [0.1, 0.15) is 5.56 Å². The van der Waals surface area contributed by atoms with Crippen LogP contribution in [-0.4, -0.2) is 75.7 Å². The lowest BCUT2D eigenvalue weighted by atomic mass is 10.2. The van der Waals surface area contributed by atoms with Crippen LogP contribution >= 0.6 is 24.0 Å². The van der Waals surface area contributed by atoms with Crippen molar-refractivity contribution in [2.45, 2.75) is 19.2 Å². The van der Waals surface area contributed by atoms with Crippen molar-refractivity contribution in [3.05, 3.63) is 29.8 Å². The molecule has 2 N–H and O–H groups in total. The summed E-state index contributed by atoms with van der Waals surface area (Å²) in [5, 5.41) is 6.45. The second kappa shape index (κ2) is 11.5. The normalized spacial score (nSPS) is 19.2. The first-order valence-electron chi connectivity index (χ1n) is 8.35. The summed E-state index contributed by atoms with van der Waals surface area (Å²) in [6.07, 6.45) is 0. The molecule has 2 rings (SSSR count). The molecule has 0 aliphatic carbocycles. The Morgan fingerprint density at radius 3 is 2.69 bits per heavy atom. The van der Waals surface area contributed by atoms with Crippen molar-refractivity contribution in [1.82, 2.24) is 20.4 Å². The molecule has 26 heavy (non-hydrogen) atoms. The van der Waals surface area contributed by atoms with E-state index in [4.69, 9.17) is 0 Å². The first-order chi connectivity index (χ1) is 12.0. The number of nitrogens with one attached hydrogen (secondary N) is 2. The van der Waals surface area contributed by atoms with Crippen LogP contribution in [0, 0.1) is 0 Å². The molecule has 6 nitrogen and oxygen atoms in total. The fourth-order valence-corrected chi connectivity index (χ4v) is 2.80. The monoisotopic (exact) mass is 483 g/mol. The number of guanidine groups is 1. The average molecular weight is 483 g/mol. The van der Waals surface area contributed by atoms with Crippen LogP contribution in [0.2, 0.25) is 0 Å². The number of hydrogen-bond acceptors (Lipinski definition) is 4.